The van der Waals surface area contributed by atoms with Gasteiger partial charge in [0.05, 0.1) is 5.60 Å². The molecule has 0 bridgehead atoms. The minimum Gasteiger partial charge on any atom is -0.402 e. The molecule has 0 radical (unpaired) electrons. The highest BCUT2D eigenvalue weighted by molar-refractivity contribution is 6.32. The number of rotatable bonds is 8. The first-order valence-electron chi connectivity index (χ1n) is 4.47. The summed E-state index contributed by atoms with van der Waals surface area (Å²) >= 11 is 0. The van der Waals surface area contributed by atoms with Gasteiger partial charge in [-0.3, -0.25) is 0 Å². The lowest BCUT2D eigenvalue weighted by molar-refractivity contribution is 0.0258. The van der Waals surface area contributed by atoms with Crippen LogP contribution in [0.1, 0.15) is 19.3 Å². The average Bonchev–Trinajstić information content (AvgIpc) is 2.03. The Morgan fingerprint density at radius 1 is 1.00 bits per heavy atom. The van der Waals surface area contributed by atoms with Gasteiger partial charge >= 0.3 is 7.32 Å². The second-order valence-electron chi connectivity index (χ2n) is 3.11. The van der Waals surface area contributed by atoms with E-state index in [4.69, 9.17) is 14.7 Å². The van der Waals surface area contributed by atoms with Crippen molar-refractivity contribution >= 4 is 7.32 Å². The zero-order valence-electron chi connectivity index (χ0n) is 8.35. The Morgan fingerprint density at radius 3 is 1.57 bits per heavy atom. The molecule has 0 spiro atoms. The molecule has 4 heteroatoms. The number of hydrogen-bond acceptors (Lipinski definition) is 3. The summed E-state index contributed by atoms with van der Waals surface area (Å²) in [5, 5.41) is 17.6. The highest BCUT2D eigenvalue weighted by Crippen LogP contribution is 2.26. The van der Waals surface area contributed by atoms with E-state index >= 15 is 0 Å². The third kappa shape index (κ3) is 4.41. The van der Waals surface area contributed by atoms with Crippen molar-refractivity contribution in [3.63, 3.8) is 0 Å². The summed E-state index contributed by atoms with van der Waals surface area (Å²) in [6, 6.07) is 0. The summed E-state index contributed by atoms with van der Waals surface area (Å²) in [7, 11) is -1.78. The van der Waals surface area contributed by atoms with Gasteiger partial charge in [0.15, 0.2) is 0 Å². The normalized spacial score (nSPS) is 10.7. The van der Waals surface area contributed by atoms with Crippen molar-refractivity contribution in [1.29, 1.82) is 0 Å². The SMILES string of the molecule is C=CCC(CC=C)(CC=C)OB(O)O. The molecule has 0 heterocycles. The van der Waals surface area contributed by atoms with Crippen molar-refractivity contribution < 1.29 is 14.7 Å². The molecule has 78 valence electrons. The Morgan fingerprint density at radius 2 is 1.36 bits per heavy atom. The lowest BCUT2D eigenvalue weighted by Gasteiger charge is -2.31. The summed E-state index contributed by atoms with van der Waals surface area (Å²) < 4.78 is 5.06. The smallest absolute Gasteiger partial charge is 0.402 e. The maximum Gasteiger partial charge on any atom is 0.634 e. The monoisotopic (exact) mass is 196 g/mol. The van der Waals surface area contributed by atoms with Gasteiger partial charge in [0.2, 0.25) is 0 Å². The molecule has 0 aliphatic carbocycles. The first kappa shape index (κ1) is 13.2. The van der Waals surface area contributed by atoms with Gasteiger partial charge in [0, 0.05) is 0 Å². The summed E-state index contributed by atoms with van der Waals surface area (Å²) in [5.41, 5.74) is -0.681. The van der Waals surface area contributed by atoms with Crippen LogP contribution >= 0.6 is 0 Å². The average molecular weight is 196 g/mol. The summed E-state index contributed by atoms with van der Waals surface area (Å²) in [6.45, 7) is 10.8. The van der Waals surface area contributed by atoms with Crippen LogP contribution < -0.4 is 0 Å². The third-order valence-corrected chi connectivity index (χ3v) is 1.90. The van der Waals surface area contributed by atoms with Gasteiger partial charge in [0.1, 0.15) is 0 Å². The molecule has 0 unspecified atom stereocenters. The van der Waals surface area contributed by atoms with Crippen LogP contribution in [0.4, 0.5) is 0 Å². The van der Waals surface area contributed by atoms with E-state index in [1.165, 1.54) is 0 Å². The quantitative estimate of drug-likeness (QED) is 0.456. The molecule has 0 amide bonds. The molecule has 0 saturated carbocycles. The van der Waals surface area contributed by atoms with E-state index in [0.29, 0.717) is 19.3 Å². The first-order valence-corrected chi connectivity index (χ1v) is 4.47. The minimum atomic E-state index is -1.78. The van der Waals surface area contributed by atoms with Crippen LogP contribution in [0.2, 0.25) is 0 Å². The highest BCUT2D eigenvalue weighted by Gasteiger charge is 2.31. The van der Waals surface area contributed by atoms with Crippen molar-refractivity contribution in [2.45, 2.75) is 24.9 Å². The Labute approximate surface area is 85.6 Å². The number of hydrogen-bond donors (Lipinski definition) is 2. The van der Waals surface area contributed by atoms with Crippen LogP contribution in [0, 0.1) is 0 Å². The van der Waals surface area contributed by atoms with Crippen LogP contribution in [0.15, 0.2) is 38.0 Å². The second-order valence-corrected chi connectivity index (χ2v) is 3.11. The van der Waals surface area contributed by atoms with E-state index in [9.17, 15) is 0 Å². The Balaban J connectivity index is 4.60. The zero-order chi connectivity index (χ0) is 11.0. The Hall–Kier alpha value is -0.835. The van der Waals surface area contributed by atoms with Gasteiger partial charge in [0.25, 0.3) is 0 Å². The lowest BCUT2D eigenvalue weighted by Crippen LogP contribution is -2.38. The van der Waals surface area contributed by atoms with E-state index in [-0.39, 0.29) is 0 Å². The predicted molar refractivity (Wildman–Crippen MR) is 58.4 cm³/mol. The summed E-state index contributed by atoms with van der Waals surface area (Å²) in [4.78, 5) is 0. The lowest BCUT2D eigenvalue weighted by atomic mass is 9.89. The molecule has 0 aromatic carbocycles. The van der Waals surface area contributed by atoms with Gasteiger partial charge in [-0.1, -0.05) is 18.2 Å². The van der Waals surface area contributed by atoms with E-state index < -0.39 is 12.9 Å². The fourth-order valence-electron chi connectivity index (χ4n) is 1.41. The summed E-state index contributed by atoms with van der Waals surface area (Å²) in [6.07, 6.45) is 6.58. The Bertz CT molecular complexity index is 175. The van der Waals surface area contributed by atoms with Gasteiger partial charge in [-0.25, -0.2) is 0 Å². The molecule has 0 rings (SSSR count). The standard InChI is InChI=1S/C10H17BO3/c1-4-7-10(8-5-2,9-6-3)14-11(12)13/h4-6,12-13H,1-3,7-9H2. The van der Waals surface area contributed by atoms with Crippen LogP contribution in [-0.4, -0.2) is 23.0 Å². The van der Waals surface area contributed by atoms with Crippen molar-refractivity contribution in [3.05, 3.63) is 38.0 Å². The van der Waals surface area contributed by atoms with E-state index in [1.807, 2.05) is 0 Å². The van der Waals surface area contributed by atoms with Gasteiger partial charge < -0.3 is 14.7 Å². The van der Waals surface area contributed by atoms with Crippen molar-refractivity contribution in [1.82, 2.24) is 0 Å². The molecule has 14 heavy (non-hydrogen) atoms. The maximum absolute atomic E-state index is 8.80. The maximum atomic E-state index is 8.80. The molecule has 0 aliphatic rings. The minimum absolute atomic E-state index is 0.517. The van der Waals surface area contributed by atoms with Crippen molar-refractivity contribution in [2.24, 2.45) is 0 Å². The predicted octanol–water partition coefficient (Wildman–Crippen LogP) is 1.44. The molecule has 0 aromatic heterocycles. The fraction of sp³-hybridized carbons (Fsp3) is 0.400. The van der Waals surface area contributed by atoms with Crippen LogP contribution in [0.3, 0.4) is 0 Å². The van der Waals surface area contributed by atoms with E-state index in [2.05, 4.69) is 19.7 Å². The largest absolute Gasteiger partial charge is 0.634 e. The van der Waals surface area contributed by atoms with Gasteiger partial charge in [-0.2, -0.15) is 0 Å². The molecule has 0 aromatic rings. The fourth-order valence-corrected chi connectivity index (χ4v) is 1.41. The van der Waals surface area contributed by atoms with Crippen LogP contribution in [0.5, 0.6) is 0 Å². The molecule has 0 atom stereocenters. The van der Waals surface area contributed by atoms with Crippen molar-refractivity contribution in [3.8, 4) is 0 Å². The van der Waals surface area contributed by atoms with Gasteiger partial charge in [-0.05, 0) is 19.3 Å². The van der Waals surface area contributed by atoms with Gasteiger partial charge in [-0.15, -0.1) is 19.7 Å². The second kappa shape index (κ2) is 6.59. The third-order valence-electron chi connectivity index (χ3n) is 1.90. The molecular formula is C10H17BO3. The van der Waals surface area contributed by atoms with Crippen LogP contribution in [-0.2, 0) is 4.65 Å². The Kier molecular flexibility index (Phi) is 6.20. The van der Waals surface area contributed by atoms with Crippen molar-refractivity contribution in [2.75, 3.05) is 0 Å². The van der Waals surface area contributed by atoms with E-state index in [0.717, 1.165) is 0 Å². The van der Waals surface area contributed by atoms with Crippen LogP contribution in [0.25, 0.3) is 0 Å². The summed E-state index contributed by atoms with van der Waals surface area (Å²) in [5.74, 6) is 0. The van der Waals surface area contributed by atoms with E-state index in [1.54, 1.807) is 18.2 Å². The molecule has 0 aliphatic heterocycles. The highest BCUT2D eigenvalue weighted by atomic mass is 16.6. The topological polar surface area (TPSA) is 49.7 Å². The molecule has 2 N–H and O–H groups in total. The first-order chi connectivity index (χ1) is 6.60. The molecule has 0 fully saturated rings. The molecule has 0 saturated heterocycles. The molecule has 3 nitrogen and oxygen atoms in total. The zero-order valence-corrected chi connectivity index (χ0v) is 8.35. The molecular weight excluding hydrogens is 179 g/mol.